The third kappa shape index (κ3) is 3.33. The summed E-state index contributed by atoms with van der Waals surface area (Å²) in [6, 6.07) is 13.5. The van der Waals surface area contributed by atoms with Crippen LogP contribution < -0.4 is 5.73 Å². The molecule has 0 atom stereocenters. The SMILES string of the molecule is COC(=O)c1cc(N)ccc1SCc1ccccc1C. The highest BCUT2D eigenvalue weighted by molar-refractivity contribution is 7.98. The normalized spacial score (nSPS) is 10.3. The molecule has 0 aliphatic heterocycles. The van der Waals surface area contributed by atoms with E-state index in [2.05, 4.69) is 19.1 Å². The molecule has 0 bridgehead atoms. The van der Waals surface area contributed by atoms with E-state index in [1.165, 1.54) is 18.2 Å². The summed E-state index contributed by atoms with van der Waals surface area (Å²) in [5.74, 6) is 0.449. The predicted octanol–water partition coefficient (Wildman–Crippen LogP) is 3.66. The molecule has 0 fully saturated rings. The van der Waals surface area contributed by atoms with E-state index in [0.717, 1.165) is 10.6 Å². The van der Waals surface area contributed by atoms with Crippen LogP contribution in [-0.2, 0) is 10.5 Å². The van der Waals surface area contributed by atoms with Crippen molar-refractivity contribution >= 4 is 23.4 Å². The highest BCUT2D eigenvalue weighted by atomic mass is 32.2. The van der Waals surface area contributed by atoms with Crippen molar-refractivity contribution in [2.45, 2.75) is 17.6 Å². The molecular formula is C16H17NO2S. The first-order valence-corrected chi connectivity index (χ1v) is 7.25. The summed E-state index contributed by atoms with van der Waals surface area (Å²) >= 11 is 1.61. The Hall–Kier alpha value is -1.94. The molecule has 2 aromatic carbocycles. The lowest BCUT2D eigenvalue weighted by Gasteiger charge is -2.10. The van der Waals surface area contributed by atoms with Crippen LogP contribution in [0.1, 0.15) is 21.5 Å². The van der Waals surface area contributed by atoms with Crippen LogP contribution >= 0.6 is 11.8 Å². The number of nitrogen functional groups attached to an aromatic ring is 1. The van der Waals surface area contributed by atoms with E-state index in [4.69, 9.17) is 10.5 Å². The molecule has 0 aliphatic carbocycles. The van der Waals surface area contributed by atoms with Crippen LogP contribution in [0.4, 0.5) is 5.69 Å². The maximum atomic E-state index is 11.8. The Morgan fingerprint density at radius 3 is 2.70 bits per heavy atom. The molecule has 4 heteroatoms. The van der Waals surface area contributed by atoms with Gasteiger partial charge in [-0.05, 0) is 36.2 Å². The minimum absolute atomic E-state index is 0.357. The molecule has 20 heavy (non-hydrogen) atoms. The van der Waals surface area contributed by atoms with Gasteiger partial charge < -0.3 is 10.5 Å². The Kier molecular flexibility index (Phi) is 4.69. The highest BCUT2D eigenvalue weighted by Crippen LogP contribution is 2.29. The molecule has 0 unspecified atom stereocenters. The standard InChI is InChI=1S/C16H17NO2S/c1-11-5-3-4-6-12(11)10-20-15-8-7-13(17)9-14(15)16(18)19-2/h3-9H,10,17H2,1-2H3. The van der Waals surface area contributed by atoms with E-state index >= 15 is 0 Å². The van der Waals surface area contributed by atoms with Crippen LogP contribution in [0.25, 0.3) is 0 Å². The molecule has 0 heterocycles. The van der Waals surface area contributed by atoms with Crippen LogP contribution in [0.5, 0.6) is 0 Å². The fourth-order valence-corrected chi connectivity index (χ4v) is 2.97. The minimum atomic E-state index is -0.357. The van der Waals surface area contributed by atoms with E-state index < -0.39 is 0 Å². The van der Waals surface area contributed by atoms with Gasteiger partial charge in [0.25, 0.3) is 0 Å². The zero-order valence-electron chi connectivity index (χ0n) is 11.6. The molecule has 0 radical (unpaired) electrons. The summed E-state index contributed by atoms with van der Waals surface area (Å²) in [5, 5.41) is 0. The molecule has 0 aromatic heterocycles. The lowest BCUT2D eigenvalue weighted by atomic mass is 10.1. The number of esters is 1. The van der Waals surface area contributed by atoms with Crippen LogP contribution in [-0.4, -0.2) is 13.1 Å². The van der Waals surface area contributed by atoms with E-state index in [9.17, 15) is 4.79 Å². The van der Waals surface area contributed by atoms with Crippen LogP contribution in [0.3, 0.4) is 0 Å². The van der Waals surface area contributed by atoms with Crippen molar-refractivity contribution in [3.63, 3.8) is 0 Å². The van der Waals surface area contributed by atoms with Crippen molar-refractivity contribution in [3.8, 4) is 0 Å². The van der Waals surface area contributed by atoms with Crippen molar-refractivity contribution < 1.29 is 9.53 Å². The van der Waals surface area contributed by atoms with Crippen molar-refractivity contribution in [1.82, 2.24) is 0 Å². The molecule has 0 amide bonds. The summed E-state index contributed by atoms with van der Waals surface area (Å²) in [5.41, 5.74) is 9.31. The van der Waals surface area contributed by atoms with Gasteiger partial charge in [-0.2, -0.15) is 0 Å². The number of thioether (sulfide) groups is 1. The fourth-order valence-electron chi connectivity index (χ4n) is 1.87. The molecule has 2 N–H and O–H groups in total. The van der Waals surface area contributed by atoms with Gasteiger partial charge >= 0.3 is 5.97 Å². The number of aryl methyl sites for hydroxylation is 1. The molecule has 2 aromatic rings. The van der Waals surface area contributed by atoms with Gasteiger partial charge in [-0.3, -0.25) is 0 Å². The zero-order valence-corrected chi connectivity index (χ0v) is 12.4. The smallest absolute Gasteiger partial charge is 0.339 e. The van der Waals surface area contributed by atoms with Gasteiger partial charge in [-0.1, -0.05) is 24.3 Å². The van der Waals surface area contributed by atoms with E-state index in [0.29, 0.717) is 11.3 Å². The molecule has 0 saturated carbocycles. The van der Waals surface area contributed by atoms with Crippen molar-refractivity contribution in [2.75, 3.05) is 12.8 Å². The first-order valence-electron chi connectivity index (χ1n) is 6.27. The largest absolute Gasteiger partial charge is 0.465 e. The van der Waals surface area contributed by atoms with Gasteiger partial charge in [0, 0.05) is 16.3 Å². The number of ether oxygens (including phenoxy) is 1. The second-order valence-corrected chi connectivity index (χ2v) is 5.48. The van der Waals surface area contributed by atoms with E-state index in [1.54, 1.807) is 23.9 Å². The fraction of sp³-hybridized carbons (Fsp3) is 0.188. The van der Waals surface area contributed by atoms with Crippen LogP contribution in [0.15, 0.2) is 47.4 Å². The van der Waals surface area contributed by atoms with Gasteiger partial charge in [-0.15, -0.1) is 11.8 Å². The minimum Gasteiger partial charge on any atom is -0.465 e. The molecule has 3 nitrogen and oxygen atoms in total. The molecule has 0 saturated heterocycles. The maximum Gasteiger partial charge on any atom is 0.339 e. The average molecular weight is 287 g/mol. The maximum absolute atomic E-state index is 11.8. The first-order chi connectivity index (χ1) is 9.61. The van der Waals surface area contributed by atoms with Gasteiger partial charge in [0.2, 0.25) is 0 Å². The summed E-state index contributed by atoms with van der Waals surface area (Å²) < 4.78 is 4.80. The summed E-state index contributed by atoms with van der Waals surface area (Å²) in [4.78, 5) is 12.7. The molecule has 0 aliphatic rings. The number of anilines is 1. The summed E-state index contributed by atoms with van der Waals surface area (Å²) in [6.07, 6.45) is 0. The first kappa shape index (κ1) is 14.5. The zero-order chi connectivity index (χ0) is 14.5. The van der Waals surface area contributed by atoms with Gasteiger partial charge in [0.15, 0.2) is 0 Å². The van der Waals surface area contributed by atoms with Crippen LogP contribution in [0.2, 0.25) is 0 Å². The number of benzene rings is 2. The van der Waals surface area contributed by atoms with Gasteiger partial charge in [0.05, 0.1) is 12.7 Å². The Bertz CT molecular complexity index is 626. The van der Waals surface area contributed by atoms with Crippen molar-refractivity contribution in [2.24, 2.45) is 0 Å². The lowest BCUT2D eigenvalue weighted by molar-refractivity contribution is 0.0597. The molecule has 0 spiro atoms. The summed E-state index contributed by atoms with van der Waals surface area (Å²) in [6.45, 7) is 2.08. The quantitative estimate of drug-likeness (QED) is 0.530. The Morgan fingerprint density at radius 2 is 2.00 bits per heavy atom. The Labute approximate surface area is 123 Å². The third-order valence-corrected chi connectivity index (χ3v) is 4.18. The monoisotopic (exact) mass is 287 g/mol. The van der Waals surface area contributed by atoms with Gasteiger partial charge in [-0.25, -0.2) is 4.79 Å². The van der Waals surface area contributed by atoms with Gasteiger partial charge in [0.1, 0.15) is 0 Å². The number of carbonyl (C=O) groups excluding carboxylic acids is 1. The van der Waals surface area contributed by atoms with Crippen molar-refractivity contribution in [3.05, 3.63) is 59.2 Å². The molecule has 2 rings (SSSR count). The lowest BCUT2D eigenvalue weighted by Crippen LogP contribution is -2.04. The Morgan fingerprint density at radius 1 is 1.25 bits per heavy atom. The van der Waals surface area contributed by atoms with E-state index in [-0.39, 0.29) is 5.97 Å². The molecule has 104 valence electrons. The number of methoxy groups -OCH3 is 1. The number of rotatable bonds is 4. The topological polar surface area (TPSA) is 52.3 Å². The molecular weight excluding hydrogens is 270 g/mol. The third-order valence-electron chi connectivity index (χ3n) is 3.05. The average Bonchev–Trinajstić information content (AvgIpc) is 2.46. The second-order valence-electron chi connectivity index (χ2n) is 4.46. The van der Waals surface area contributed by atoms with E-state index in [1.807, 2.05) is 18.2 Å². The number of hydrogen-bond donors (Lipinski definition) is 1. The second kappa shape index (κ2) is 6.48. The van der Waals surface area contributed by atoms with Crippen LogP contribution in [0, 0.1) is 6.92 Å². The predicted molar refractivity (Wildman–Crippen MR) is 82.9 cm³/mol. The van der Waals surface area contributed by atoms with Crippen molar-refractivity contribution in [1.29, 1.82) is 0 Å². The number of carbonyl (C=O) groups is 1. The Balaban J connectivity index is 2.21. The highest BCUT2D eigenvalue weighted by Gasteiger charge is 2.13. The number of hydrogen-bond acceptors (Lipinski definition) is 4. The number of nitrogens with two attached hydrogens (primary N) is 1. The summed E-state index contributed by atoms with van der Waals surface area (Å²) in [7, 11) is 1.38.